The minimum Gasteiger partial charge on any atom is -0.336 e. The number of nitrogens with one attached hydrogen (secondary N) is 1. The second kappa shape index (κ2) is 8.47. The topological polar surface area (TPSA) is 66.0 Å². The largest absolute Gasteiger partial charge is 0.336 e. The number of rotatable bonds is 7. The monoisotopic (exact) mass is 372 g/mol. The number of quaternary nitrogens is 1. The minimum atomic E-state index is -0.283. The average Bonchev–Trinajstić information content (AvgIpc) is 3.27. The summed E-state index contributed by atoms with van der Waals surface area (Å²) >= 11 is 1.69. The molecular weight excluding hydrogens is 346 g/mol. The van der Waals surface area contributed by atoms with E-state index in [0.717, 1.165) is 6.42 Å². The number of imide groups is 1. The SMILES string of the molecule is CC(C)Cc1ccc([C@@H]([NH2+]CC(=O)N2CCNC2=O)c2cccs2)cc1. The molecule has 1 aromatic heterocycles. The van der Waals surface area contributed by atoms with Crippen LogP contribution in [0.5, 0.6) is 0 Å². The Morgan fingerprint density at radius 3 is 2.62 bits per heavy atom. The van der Waals surface area contributed by atoms with Gasteiger partial charge in [-0.15, -0.1) is 11.3 Å². The molecule has 2 aromatic rings. The van der Waals surface area contributed by atoms with Crippen LogP contribution in [0.4, 0.5) is 4.79 Å². The molecule has 0 aliphatic carbocycles. The van der Waals surface area contributed by atoms with E-state index in [4.69, 9.17) is 0 Å². The molecule has 1 aliphatic rings. The molecule has 1 fully saturated rings. The van der Waals surface area contributed by atoms with Crippen molar-refractivity contribution in [3.05, 3.63) is 57.8 Å². The van der Waals surface area contributed by atoms with E-state index in [-0.39, 0.29) is 24.5 Å². The summed E-state index contributed by atoms with van der Waals surface area (Å²) in [6.45, 7) is 5.69. The third-order valence-electron chi connectivity index (χ3n) is 4.52. The van der Waals surface area contributed by atoms with Crippen molar-refractivity contribution in [2.24, 2.45) is 5.92 Å². The first-order valence-corrected chi connectivity index (χ1v) is 9.96. The lowest BCUT2D eigenvalue weighted by Crippen LogP contribution is -2.87. The van der Waals surface area contributed by atoms with E-state index in [9.17, 15) is 9.59 Å². The zero-order valence-electron chi connectivity index (χ0n) is 15.3. The van der Waals surface area contributed by atoms with Crippen LogP contribution >= 0.6 is 11.3 Å². The number of benzene rings is 1. The Balaban J connectivity index is 1.71. The molecule has 2 heterocycles. The van der Waals surface area contributed by atoms with Crippen LogP contribution in [0.1, 0.15) is 35.9 Å². The lowest BCUT2D eigenvalue weighted by molar-refractivity contribution is -0.676. The highest BCUT2D eigenvalue weighted by atomic mass is 32.1. The fourth-order valence-electron chi connectivity index (χ4n) is 3.26. The summed E-state index contributed by atoms with van der Waals surface area (Å²) in [5.41, 5.74) is 2.51. The smallest absolute Gasteiger partial charge is 0.324 e. The van der Waals surface area contributed by atoms with Gasteiger partial charge in [-0.3, -0.25) is 9.69 Å². The van der Waals surface area contributed by atoms with Crippen molar-refractivity contribution in [3.8, 4) is 0 Å². The number of nitrogens with two attached hydrogens (primary N) is 1. The number of nitrogens with zero attached hydrogens (tertiary/aromatic N) is 1. The summed E-state index contributed by atoms with van der Waals surface area (Å²) < 4.78 is 0. The van der Waals surface area contributed by atoms with Gasteiger partial charge in [0.1, 0.15) is 6.04 Å². The summed E-state index contributed by atoms with van der Waals surface area (Å²) in [4.78, 5) is 26.5. The molecule has 3 amide bonds. The van der Waals surface area contributed by atoms with Gasteiger partial charge in [0.15, 0.2) is 6.54 Å². The summed E-state index contributed by atoms with van der Waals surface area (Å²) in [6.07, 6.45) is 1.07. The molecule has 5 nitrogen and oxygen atoms in total. The average molecular weight is 373 g/mol. The first-order chi connectivity index (χ1) is 12.5. The Bertz CT molecular complexity index is 741. The maximum Gasteiger partial charge on any atom is 0.324 e. The molecule has 138 valence electrons. The molecular formula is C20H26N3O2S+. The predicted octanol–water partition coefficient (Wildman–Crippen LogP) is 2.15. The molecule has 26 heavy (non-hydrogen) atoms. The van der Waals surface area contributed by atoms with E-state index in [1.165, 1.54) is 20.9 Å². The van der Waals surface area contributed by atoms with Crippen molar-refractivity contribution in [1.82, 2.24) is 10.2 Å². The van der Waals surface area contributed by atoms with Crippen LogP contribution < -0.4 is 10.6 Å². The molecule has 0 saturated carbocycles. The number of thiophene rings is 1. The third kappa shape index (κ3) is 4.51. The van der Waals surface area contributed by atoms with Crippen molar-refractivity contribution in [3.63, 3.8) is 0 Å². The van der Waals surface area contributed by atoms with Gasteiger partial charge in [-0.05, 0) is 29.3 Å². The van der Waals surface area contributed by atoms with Crippen LogP contribution in [0, 0.1) is 5.92 Å². The lowest BCUT2D eigenvalue weighted by atomic mass is 9.99. The standard InChI is InChI=1S/C20H25N3O2S/c1-14(2)12-15-5-7-16(8-6-15)19(17-4-3-11-26-17)22-13-18(24)23-10-9-21-20(23)25/h3-8,11,14,19,22H,9-10,12-13H2,1-2H3,(H,21,25)/p+1/t19-/m1/s1. The third-order valence-corrected chi connectivity index (χ3v) is 5.47. The van der Waals surface area contributed by atoms with Crippen molar-refractivity contribution in [2.75, 3.05) is 19.6 Å². The molecule has 0 spiro atoms. The van der Waals surface area contributed by atoms with Gasteiger partial charge in [-0.1, -0.05) is 44.2 Å². The predicted molar refractivity (Wildman–Crippen MR) is 103 cm³/mol. The van der Waals surface area contributed by atoms with E-state index in [1.807, 2.05) is 11.4 Å². The Kier molecular flexibility index (Phi) is 6.06. The molecule has 6 heteroatoms. The quantitative estimate of drug-likeness (QED) is 0.782. The van der Waals surface area contributed by atoms with Crippen molar-refractivity contribution in [2.45, 2.75) is 26.3 Å². The second-order valence-corrected chi connectivity index (χ2v) is 8.03. The summed E-state index contributed by atoms with van der Waals surface area (Å²) in [5.74, 6) is 0.489. The van der Waals surface area contributed by atoms with Crippen molar-refractivity contribution < 1.29 is 14.9 Å². The van der Waals surface area contributed by atoms with E-state index in [1.54, 1.807) is 11.3 Å². The van der Waals surface area contributed by atoms with Gasteiger partial charge >= 0.3 is 6.03 Å². The molecule has 3 rings (SSSR count). The lowest BCUT2D eigenvalue weighted by Gasteiger charge is -2.17. The molecule has 3 N–H and O–H groups in total. The van der Waals surface area contributed by atoms with Gasteiger partial charge in [0.05, 0.1) is 4.88 Å². The van der Waals surface area contributed by atoms with Gasteiger partial charge in [0.2, 0.25) is 0 Å². The molecule has 0 radical (unpaired) electrons. The van der Waals surface area contributed by atoms with Crippen LogP contribution in [0.3, 0.4) is 0 Å². The van der Waals surface area contributed by atoms with E-state index < -0.39 is 0 Å². The van der Waals surface area contributed by atoms with Crippen LogP contribution in [0.15, 0.2) is 41.8 Å². The molecule has 1 aliphatic heterocycles. The van der Waals surface area contributed by atoms with Gasteiger partial charge < -0.3 is 10.6 Å². The number of carbonyl (C=O) groups is 2. The van der Waals surface area contributed by atoms with Gasteiger partial charge in [0, 0.05) is 18.7 Å². The maximum absolute atomic E-state index is 12.4. The fourth-order valence-corrected chi connectivity index (χ4v) is 4.11. The van der Waals surface area contributed by atoms with Crippen LogP contribution in [-0.4, -0.2) is 36.5 Å². The van der Waals surface area contributed by atoms with E-state index in [2.05, 4.69) is 54.9 Å². The second-order valence-electron chi connectivity index (χ2n) is 7.05. The summed E-state index contributed by atoms with van der Waals surface area (Å²) in [6, 6.07) is 12.6. The van der Waals surface area contributed by atoms with Crippen LogP contribution in [0.25, 0.3) is 0 Å². The normalized spacial score (nSPS) is 15.3. The molecule has 0 bridgehead atoms. The Morgan fingerprint density at radius 1 is 1.27 bits per heavy atom. The highest BCUT2D eigenvalue weighted by Gasteiger charge is 2.28. The van der Waals surface area contributed by atoms with Crippen LogP contribution in [0.2, 0.25) is 0 Å². The molecule has 1 aromatic carbocycles. The Morgan fingerprint density at radius 2 is 2.04 bits per heavy atom. The van der Waals surface area contributed by atoms with Gasteiger partial charge in [-0.2, -0.15) is 0 Å². The van der Waals surface area contributed by atoms with Crippen molar-refractivity contribution in [1.29, 1.82) is 0 Å². The van der Waals surface area contributed by atoms with Crippen LogP contribution in [-0.2, 0) is 11.2 Å². The first kappa shape index (κ1) is 18.6. The zero-order chi connectivity index (χ0) is 18.5. The first-order valence-electron chi connectivity index (χ1n) is 9.08. The number of hydrogen-bond donors (Lipinski definition) is 2. The van der Waals surface area contributed by atoms with E-state index in [0.29, 0.717) is 19.0 Å². The van der Waals surface area contributed by atoms with Gasteiger partial charge in [-0.25, -0.2) is 4.79 Å². The van der Waals surface area contributed by atoms with Crippen molar-refractivity contribution >= 4 is 23.3 Å². The summed E-state index contributed by atoms with van der Waals surface area (Å²) in [5, 5.41) is 6.75. The molecule has 0 unspecified atom stereocenters. The number of hydrogen-bond acceptors (Lipinski definition) is 3. The zero-order valence-corrected chi connectivity index (χ0v) is 16.1. The minimum absolute atomic E-state index is 0.0673. The van der Waals surface area contributed by atoms with E-state index >= 15 is 0 Å². The Hall–Kier alpha value is -2.18. The highest BCUT2D eigenvalue weighted by molar-refractivity contribution is 7.10. The molecule has 1 atom stereocenters. The highest BCUT2D eigenvalue weighted by Crippen LogP contribution is 2.23. The number of carbonyl (C=O) groups excluding carboxylic acids is 2. The number of urea groups is 1. The fraction of sp³-hybridized carbons (Fsp3) is 0.400. The number of amides is 3. The van der Waals surface area contributed by atoms with Gasteiger partial charge in [0.25, 0.3) is 5.91 Å². The summed E-state index contributed by atoms with van der Waals surface area (Å²) in [7, 11) is 0. The Labute approximate surface area is 158 Å². The molecule has 1 saturated heterocycles. The maximum atomic E-state index is 12.4.